The second-order valence-electron chi connectivity index (χ2n) is 1.74. The third-order valence-electron chi connectivity index (χ3n) is 0.820. The molecule has 3 nitrogen and oxygen atoms in total. The monoisotopic (exact) mass is 129 g/mol. The van der Waals surface area contributed by atoms with Crippen LogP contribution in [-0.2, 0) is 4.79 Å². The number of allylic oxidation sites excluding steroid dienone is 1. The molecular formula is C6H13N2O+. The van der Waals surface area contributed by atoms with Gasteiger partial charge in [-0.2, -0.15) is 0 Å². The number of quaternary nitrogens is 1. The van der Waals surface area contributed by atoms with Crippen molar-refractivity contribution < 1.29 is 10.5 Å². The predicted octanol–water partition coefficient (Wildman–Crippen LogP) is -1.08. The lowest BCUT2D eigenvalue weighted by Crippen LogP contribution is -2.60. The molecule has 0 fully saturated rings. The second-order valence-corrected chi connectivity index (χ2v) is 1.74. The molecule has 3 heteroatoms. The minimum absolute atomic E-state index is 0.0699. The van der Waals surface area contributed by atoms with Crippen molar-refractivity contribution in [2.24, 2.45) is 0 Å². The van der Waals surface area contributed by atoms with E-state index in [1.165, 1.54) is 0 Å². The molecule has 0 aromatic heterocycles. The fraction of sp³-hybridized carbons (Fsp3) is 0.500. The van der Waals surface area contributed by atoms with Crippen molar-refractivity contribution in [2.45, 2.75) is 6.92 Å². The Bertz CT molecular complexity index is 110. The van der Waals surface area contributed by atoms with Crippen LogP contribution in [0.3, 0.4) is 0 Å². The van der Waals surface area contributed by atoms with Crippen molar-refractivity contribution in [1.29, 1.82) is 0 Å². The van der Waals surface area contributed by atoms with Crippen LogP contribution in [0, 0.1) is 0 Å². The van der Waals surface area contributed by atoms with Crippen LogP contribution in [0.15, 0.2) is 12.2 Å². The first-order valence-electron chi connectivity index (χ1n) is 2.94. The third-order valence-corrected chi connectivity index (χ3v) is 0.820. The molecule has 0 saturated carbocycles. The molecule has 0 atom stereocenters. The average Bonchev–Trinajstić information content (AvgIpc) is 1.80. The standard InChI is InChI=1S/C6H12N2O/c1-2-3-4-8-5-6(7)9/h2-3,8H,4-5H2,1H3,(H2,7,9)/p+1/b3-2-. The number of amides is 1. The summed E-state index contributed by atoms with van der Waals surface area (Å²) in [4.78, 5) is 10.2. The number of carbonyl (C=O) groups is 1. The maximum absolute atomic E-state index is 10.2. The molecule has 0 aliphatic heterocycles. The molecule has 0 heterocycles. The summed E-state index contributed by atoms with van der Waals surface area (Å²) in [6.07, 6.45) is 3.88. The minimum Gasteiger partial charge on any atom is -0.301 e. The van der Waals surface area contributed by atoms with Crippen LogP contribution in [0.4, 0.5) is 0 Å². The van der Waals surface area contributed by atoms with Gasteiger partial charge in [-0.3, -0.25) is 5.73 Å². The molecule has 0 aromatic rings. The van der Waals surface area contributed by atoms with E-state index in [2.05, 4.69) is 11.1 Å². The normalized spacial score (nSPS) is 10.4. The van der Waals surface area contributed by atoms with Crippen molar-refractivity contribution in [2.75, 3.05) is 13.1 Å². The first kappa shape index (κ1) is 8.33. The summed E-state index contributed by atoms with van der Waals surface area (Å²) in [5, 5.41) is 2.89. The smallest absolute Gasteiger partial charge is 0.301 e. The van der Waals surface area contributed by atoms with Crippen LogP contribution in [0.1, 0.15) is 6.92 Å². The molecule has 0 rings (SSSR count). The third kappa shape index (κ3) is 7.33. The zero-order valence-electron chi connectivity index (χ0n) is 5.68. The highest BCUT2D eigenvalue weighted by molar-refractivity contribution is 5.66. The summed E-state index contributed by atoms with van der Waals surface area (Å²) >= 11 is 0. The zero-order valence-corrected chi connectivity index (χ0v) is 5.68. The van der Waals surface area contributed by atoms with Crippen molar-refractivity contribution >= 4 is 5.91 Å². The summed E-state index contributed by atoms with van der Waals surface area (Å²) in [5.74, 6) is -0.0699. The van der Waals surface area contributed by atoms with E-state index >= 15 is 0 Å². The zero-order chi connectivity index (χ0) is 7.11. The van der Waals surface area contributed by atoms with E-state index < -0.39 is 0 Å². The molecule has 0 aliphatic carbocycles. The molecular weight excluding hydrogens is 116 g/mol. The van der Waals surface area contributed by atoms with Crippen LogP contribution in [0.5, 0.6) is 0 Å². The number of carbonyl (C=O) groups excluding carboxylic acids is 1. The van der Waals surface area contributed by atoms with Gasteiger partial charge in [0.15, 0.2) is 0 Å². The topological polar surface area (TPSA) is 56.7 Å². The Morgan fingerprint density at radius 2 is 2.44 bits per heavy atom. The van der Waals surface area contributed by atoms with Gasteiger partial charge in [-0.1, -0.05) is 12.2 Å². The van der Waals surface area contributed by atoms with Crippen LogP contribution >= 0.6 is 0 Å². The van der Waals surface area contributed by atoms with Gasteiger partial charge < -0.3 is 5.32 Å². The van der Waals surface area contributed by atoms with Crippen LogP contribution < -0.4 is 11.1 Å². The Hall–Kier alpha value is -0.670. The summed E-state index contributed by atoms with van der Waals surface area (Å²) < 4.78 is 0. The largest absolute Gasteiger partial charge is 0.322 e. The van der Waals surface area contributed by atoms with E-state index in [1.807, 2.05) is 19.1 Å². The second kappa shape index (κ2) is 5.47. The number of hydrogen-bond donors (Lipinski definition) is 2. The fourth-order valence-electron chi connectivity index (χ4n) is 0.413. The van der Waals surface area contributed by atoms with Gasteiger partial charge in [-0.15, -0.1) is 0 Å². The van der Waals surface area contributed by atoms with E-state index in [1.54, 1.807) is 0 Å². The Balaban J connectivity index is 3.01. The van der Waals surface area contributed by atoms with Gasteiger partial charge in [0, 0.05) is 6.54 Å². The number of rotatable bonds is 4. The average molecular weight is 129 g/mol. The summed E-state index contributed by atoms with van der Waals surface area (Å²) in [5.41, 5.74) is 3.21. The van der Waals surface area contributed by atoms with Crippen molar-refractivity contribution in [3.8, 4) is 0 Å². The van der Waals surface area contributed by atoms with Gasteiger partial charge in [0.2, 0.25) is 0 Å². The Morgan fingerprint density at radius 3 is 2.89 bits per heavy atom. The van der Waals surface area contributed by atoms with E-state index in [9.17, 15) is 4.79 Å². The quantitative estimate of drug-likeness (QED) is 0.375. The van der Waals surface area contributed by atoms with Gasteiger partial charge in [0.1, 0.15) is 6.54 Å². The fourth-order valence-corrected chi connectivity index (χ4v) is 0.413. The first-order valence-corrected chi connectivity index (χ1v) is 2.94. The van der Waals surface area contributed by atoms with Gasteiger partial charge in [-0.05, 0) is 6.92 Å². The Kier molecular flexibility index (Phi) is 5.06. The van der Waals surface area contributed by atoms with Gasteiger partial charge in [-0.25, -0.2) is 4.79 Å². The highest BCUT2D eigenvalue weighted by Gasteiger charge is 1.92. The van der Waals surface area contributed by atoms with Crippen LogP contribution in [0.2, 0.25) is 0 Å². The molecule has 0 unspecified atom stereocenters. The summed E-state index contributed by atoms with van der Waals surface area (Å²) in [6, 6.07) is 0. The van der Waals surface area contributed by atoms with Gasteiger partial charge in [0.05, 0.1) is 0 Å². The molecule has 9 heavy (non-hydrogen) atoms. The van der Waals surface area contributed by atoms with Crippen LogP contribution in [0.25, 0.3) is 0 Å². The molecule has 0 spiro atoms. The molecule has 1 amide bonds. The molecule has 4 N–H and O–H groups in total. The van der Waals surface area contributed by atoms with Gasteiger partial charge in [0.25, 0.3) is 0 Å². The molecule has 0 saturated heterocycles. The maximum atomic E-state index is 10.2. The Morgan fingerprint density at radius 1 is 1.78 bits per heavy atom. The molecule has 52 valence electrons. The van der Waals surface area contributed by atoms with Crippen molar-refractivity contribution in [1.82, 2.24) is 5.32 Å². The Labute approximate surface area is 54.9 Å². The highest BCUT2D eigenvalue weighted by atomic mass is 16.1. The molecule has 0 radical (unpaired) electrons. The van der Waals surface area contributed by atoms with Crippen LogP contribution in [-0.4, -0.2) is 19.0 Å². The van der Waals surface area contributed by atoms with E-state index in [-0.39, 0.29) is 5.91 Å². The summed E-state index contributed by atoms with van der Waals surface area (Å²) in [7, 11) is 0. The molecule has 0 aliphatic rings. The lowest BCUT2D eigenvalue weighted by molar-refractivity contribution is -0.304. The lowest BCUT2D eigenvalue weighted by Gasteiger charge is -1.91. The molecule has 0 bridgehead atoms. The lowest BCUT2D eigenvalue weighted by atomic mass is 10.5. The van der Waals surface area contributed by atoms with E-state index in [0.717, 1.165) is 6.54 Å². The van der Waals surface area contributed by atoms with Gasteiger partial charge >= 0.3 is 5.91 Å². The maximum Gasteiger partial charge on any atom is 0.322 e. The van der Waals surface area contributed by atoms with E-state index in [4.69, 9.17) is 0 Å². The SMILES string of the molecule is C/C=C\CNCC([NH3+])=O. The van der Waals surface area contributed by atoms with Crippen molar-refractivity contribution in [3.05, 3.63) is 12.2 Å². The number of hydrogen-bond acceptors (Lipinski definition) is 2. The molecule has 0 aromatic carbocycles. The summed E-state index contributed by atoms with van der Waals surface area (Å²) in [6.45, 7) is 3.05. The van der Waals surface area contributed by atoms with E-state index in [0.29, 0.717) is 6.54 Å². The first-order chi connectivity index (χ1) is 4.27. The highest BCUT2D eigenvalue weighted by Crippen LogP contribution is 1.64. The number of nitrogens with one attached hydrogen (secondary N) is 1. The van der Waals surface area contributed by atoms with Crippen molar-refractivity contribution in [3.63, 3.8) is 0 Å². The minimum atomic E-state index is -0.0699. The predicted molar refractivity (Wildman–Crippen MR) is 35.6 cm³/mol.